The lowest BCUT2D eigenvalue weighted by molar-refractivity contribution is 0.340. The molecule has 0 heterocycles. The van der Waals surface area contributed by atoms with Gasteiger partial charge in [0, 0.05) is 5.54 Å². The van der Waals surface area contributed by atoms with Crippen molar-refractivity contribution in [3.8, 4) is 5.75 Å². The van der Waals surface area contributed by atoms with Crippen molar-refractivity contribution in [1.29, 1.82) is 0 Å². The first-order valence-corrected chi connectivity index (χ1v) is 5.72. The molecule has 0 atom stereocenters. The Kier molecular flexibility index (Phi) is 2.96. The van der Waals surface area contributed by atoms with Crippen LogP contribution in [0.4, 0.5) is 0 Å². The molecule has 1 aromatic rings. The van der Waals surface area contributed by atoms with Crippen LogP contribution >= 0.6 is 0 Å². The largest absolute Gasteiger partial charge is 0.494 e. The van der Waals surface area contributed by atoms with Crippen LogP contribution in [0.3, 0.4) is 0 Å². The molecule has 0 amide bonds. The summed E-state index contributed by atoms with van der Waals surface area (Å²) < 4.78 is 5.39. The number of benzene rings is 1. The Labute approximate surface area is 91.4 Å². The highest BCUT2D eigenvalue weighted by Crippen LogP contribution is 2.36. The monoisotopic (exact) mass is 205 g/mol. The van der Waals surface area contributed by atoms with E-state index in [1.807, 2.05) is 19.1 Å². The Morgan fingerprint density at radius 2 is 1.93 bits per heavy atom. The highest BCUT2D eigenvalue weighted by Gasteiger charge is 2.37. The van der Waals surface area contributed by atoms with Crippen molar-refractivity contribution in [1.82, 2.24) is 0 Å². The van der Waals surface area contributed by atoms with E-state index in [1.54, 1.807) is 0 Å². The van der Waals surface area contributed by atoms with Gasteiger partial charge in [-0.15, -0.1) is 0 Å². The van der Waals surface area contributed by atoms with Gasteiger partial charge in [-0.25, -0.2) is 0 Å². The maximum Gasteiger partial charge on any atom is 0.119 e. The van der Waals surface area contributed by atoms with Crippen molar-refractivity contribution in [2.24, 2.45) is 5.73 Å². The average molecular weight is 205 g/mol. The van der Waals surface area contributed by atoms with Gasteiger partial charge < -0.3 is 10.5 Å². The van der Waals surface area contributed by atoms with Gasteiger partial charge in [-0.2, -0.15) is 0 Å². The standard InChI is InChI=1S/C13H19NO/c1-2-15-12-5-3-11(4-6-12)7-8-13(14)9-10-13/h3-6H,2,7-10,14H2,1H3. The SMILES string of the molecule is CCOc1ccc(CCC2(N)CC2)cc1. The summed E-state index contributed by atoms with van der Waals surface area (Å²) >= 11 is 0. The van der Waals surface area contributed by atoms with Crippen molar-refractivity contribution in [2.75, 3.05) is 6.61 Å². The molecule has 0 aliphatic heterocycles. The second kappa shape index (κ2) is 4.23. The molecule has 1 aliphatic rings. The molecular formula is C13H19NO. The normalized spacial score (nSPS) is 17.5. The highest BCUT2D eigenvalue weighted by molar-refractivity contribution is 5.27. The molecule has 0 unspecified atom stereocenters. The third-order valence-electron chi connectivity index (χ3n) is 3.04. The van der Waals surface area contributed by atoms with Gasteiger partial charge in [0.15, 0.2) is 0 Å². The Morgan fingerprint density at radius 1 is 1.27 bits per heavy atom. The van der Waals surface area contributed by atoms with Crippen LogP contribution in [0.25, 0.3) is 0 Å². The molecule has 2 N–H and O–H groups in total. The summed E-state index contributed by atoms with van der Waals surface area (Å²) in [6.07, 6.45) is 4.60. The highest BCUT2D eigenvalue weighted by atomic mass is 16.5. The van der Waals surface area contributed by atoms with Crippen molar-refractivity contribution in [3.63, 3.8) is 0 Å². The smallest absolute Gasteiger partial charge is 0.119 e. The summed E-state index contributed by atoms with van der Waals surface area (Å²) in [5.74, 6) is 0.954. The molecule has 1 saturated carbocycles. The van der Waals surface area contributed by atoms with Gasteiger partial charge in [-0.05, 0) is 50.3 Å². The maximum absolute atomic E-state index is 6.05. The molecule has 0 radical (unpaired) electrons. The topological polar surface area (TPSA) is 35.2 Å². The van der Waals surface area contributed by atoms with Gasteiger partial charge >= 0.3 is 0 Å². The molecule has 1 aliphatic carbocycles. The van der Waals surface area contributed by atoms with Crippen LogP contribution in [0.2, 0.25) is 0 Å². The number of rotatable bonds is 5. The molecule has 2 heteroatoms. The van der Waals surface area contributed by atoms with Crippen molar-refractivity contribution >= 4 is 0 Å². The van der Waals surface area contributed by atoms with Crippen molar-refractivity contribution in [3.05, 3.63) is 29.8 Å². The van der Waals surface area contributed by atoms with Gasteiger partial charge in [0.2, 0.25) is 0 Å². The Bertz CT molecular complexity index is 314. The molecule has 0 saturated heterocycles. The van der Waals surface area contributed by atoms with Crippen molar-refractivity contribution in [2.45, 2.75) is 38.1 Å². The summed E-state index contributed by atoms with van der Waals surface area (Å²) in [7, 11) is 0. The van der Waals surface area contributed by atoms with Crippen molar-refractivity contribution < 1.29 is 4.74 Å². The van der Waals surface area contributed by atoms with E-state index in [9.17, 15) is 0 Å². The third-order valence-corrected chi connectivity index (χ3v) is 3.04. The number of hydrogen-bond acceptors (Lipinski definition) is 2. The van der Waals surface area contributed by atoms with E-state index >= 15 is 0 Å². The van der Waals surface area contributed by atoms with E-state index in [2.05, 4.69) is 12.1 Å². The van der Waals surface area contributed by atoms with E-state index in [0.717, 1.165) is 25.2 Å². The van der Waals surface area contributed by atoms with Crippen LogP contribution in [0.1, 0.15) is 31.7 Å². The zero-order chi connectivity index (χ0) is 10.7. The first-order valence-electron chi connectivity index (χ1n) is 5.72. The minimum absolute atomic E-state index is 0.165. The fourth-order valence-electron chi connectivity index (χ4n) is 1.72. The summed E-state index contributed by atoms with van der Waals surface area (Å²) in [5.41, 5.74) is 7.57. The number of nitrogens with two attached hydrogens (primary N) is 1. The third kappa shape index (κ3) is 2.96. The molecule has 15 heavy (non-hydrogen) atoms. The Balaban J connectivity index is 1.86. The lowest BCUT2D eigenvalue weighted by Gasteiger charge is -2.08. The van der Waals surface area contributed by atoms with Crippen LogP contribution in [0, 0.1) is 0 Å². The Hall–Kier alpha value is -1.02. The molecule has 2 rings (SSSR count). The first kappa shape index (κ1) is 10.5. The van der Waals surface area contributed by atoms with Gasteiger partial charge in [0.05, 0.1) is 6.61 Å². The minimum Gasteiger partial charge on any atom is -0.494 e. The number of aryl methyl sites for hydroxylation is 1. The van der Waals surface area contributed by atoms with E-state index < -0.39 is 0 Å². The molecule has 0 bridgehead atoms. The van der Waals surface area contributed by atoms with Gasteiger partial charge in [-0.3, -0.25) is 0 Å². The summed E-state index contributed by atoms with van der Waals surface area (Å²) in [6, 6.07) is 8.34. The van der Waals surface area contributed by atoms with Crippen LogP contribution in [0.15, 0.2) is 24.3 Å². The molecule has 2 nitrogen and oxygen atoms in total. The fourth-order valence-corrected chi connectivity index (χ4v) is 1.72. The van der Waals surface area contributed by atoms with Crippen LogP contribution < -0.4 is 10.5 Å². The molecular weight excluding hydrogens is 186 g/mol. The Morgan fingerprint density at radius 3 is 2.47 bits per heavy atom. The van der Waals surface area contributed by atoms with Gasteiger partial charge in [0.25, 0.3) is 0 Å². The second-order valence-electron chi connectivity index (χ2n) is 4.44. The fraction of sp³-hybridized carbons (Fsp3) is 0.538. The molecule has 82 valence electrons. The predicted octanol–water partition coefficient (Wildman–Crippen LogP) is 2.51. The van der Waals surface area contributed by atoms with Gasteiger partial charge in [0.1, 0.15) is 5.75 Å². The zero-order valence-corrected chi connectivity index (χ0v) is 9.33. The quantitative estimate of drug-likeness (QED) is 0.801. The second-order valence-corrected chi connectivity index (χ2v) is 4.44. The molecule has 0 spiro atoms. The van der Waals surface area contributed by atoms with E-state index in [-0.39, 0.29) is 5.54 Å². The van der Waals surface area contributed by atoms with E-state index in [1.165, 1.54) is 18.4 Å². The first-order chi connectivity index (χ1) is 7.22. The number of ether oxygens (including phenoxy) is 1. The van der Waals surface area contributed by atoms with E-state index in [4.69, 9.17) is 10.5 Å². The minimum atomic E-state index is 0.165. The lowest BCUT2D eigenvalue weighted by Crippen LogP contribution is -2.22. The molecule has 1 aromatic carbocycles. The van der Waals surface area contributed by atoms with Crippen LogP contribution in [-0.2, 0) is 6.42 Å². The average Bonchev–Trinajstić information content (AvgIpc) is 2.97. The zero-order valence-electron chi connectivity index (χ0n) is 9.33. The number of hydrogen-bond donors (Lipinski definition) is 1. The predicted molar refractivity (Wildman–Crippen MR) is 62.1 cm³/mol. The summed E-state index contributed by atoms with van der Waals surface area (Å²) in [5, 5.41) is 0. The van der Waals surface area contributed by atoms with Crippen LogP contribution in [0.5, 0.6) is 5.75 Å². The molecule has 1 fully saturated rings. The summed E-state index contributed by atoms with van der Waals surface area (Å²) in [4.78, 5) is 0. The molecule has 0 aromatic heterocycles. The van der Waals surface area contributed by atoms with Crippen LogP contribution in [-0.4, -0.2) is 12.1 Å². The maximum atomic E-state index is 6.05. The lowest BCUT2D eigenvalue weighted by atomic mass is 10.0. The van der Waals surface area contributed by atoms with E-state index in [0.29, 0.717) is 0 Å². The van der Waals surface area contributed by atoms with Gasteiger partial charge in [-0.1, -0.05) is 12.1 Å². The summed E-state index contributed by atoms with van der Waals surface area (Å²) in [6.45, 7) is 2.73.